The summed E-state index contributed by atoms with van der Waals surface area (Å²) in [6.45, 7) is 1.81. The molecule has 2 heterocycles. The number of aromatic nitrogens is 3. The maximum atomic E-state index is 12.7. The van der Waals surface area contributed by atoms with E-state index < -0.39 is 0 Å². The Balaban J connectivity index is 1.91. The van der Waals surface area contributed by atoms with Crippen LogP contribution in [-0.4, -0.2) is 20.9 Å². The number of halogens is 2. The molecular formula is C18H12BrClN4O. The Labute approximate surface area is 156 Å². The molecule has 1 N–H and O–H groups in total. The van der Waals surface area contributed by atoms with Gasteiger partial charge in [-0.25, -0.2) is 9.66 Å². The molecule has 25 heavy (non-hydrogen) atoms. The van der Waals surface area contributed by atoms with Crippen LogP contribution < -0.4 is 5.43 Å². The van der Waals surface area contributed by atoms with Crippen LogP contribution in [0.5, 0.6) is 0 Å². The molecule has 0 saturated heterocycles. The number of aromatic amines is 1. The minimum Gasteiger partial charge on any atom is -0.338 e. The van der Waals surface area contributed by atoms with Crippen LogP contribution in [0, 0.1) is 6.92 Å². The third kappa shape index (κ3) is 2.88. The van der Waals surface area contributed by atoms with Crippen molar-refractivity contribution in [2.45, 2.75) is 6.92 Å². The second-order valence-corrected chi connectivity index (χ2v) is 6.96. The minimum atomic E-state index is -0.117. The van der Waals surface area contributed by atoms with Gasteiger partial charge in [0.2, 0.25) is 5.43 Å². The monoisotopic (exact) mass is 414 g/mol. The van der Waals surface area contributed by atoms with Crippen molar-refractivity contribution < 1.29 is 0 Å². The summed E-state index contributed by atoms with van der Waals surface area (Å²) in [5.41, 5.74) is 2.47. The molecule has 4 aromatic rings. The topological polar surface area (TPSA) is 63.0 Å². The number of hydrogen-bond acceptors (Lipinski definition) is 3. The van der Waals surface area contributed by atoms with Gasteiger partial charge >= 0.3 is 0 Å². The molecule has 0 bridgehead atoms. The molecule has 0 fully saturated rings. The van der Waals surface area contributed by atoms with Crippen LogP contribution in [0.3, 0.4) is 0 Å². The van der Waals surface area contributed by atoms with Crippen LogP contribution in [-0.2, 0) is 0 Å². The fraction of sp³-hybridized carbons (Fsp3) is 0.0556. The molecular weight excluding hydrogens is 404 g/mol. The van der Waals surface area contributed by atoms with Crippen LogP contribution in [0.4, 0.5) is 0 Å². The van der Waals surface area contributed by atoms with E-state index in [1.165, 1.54) is 0 Å². The lowest BCUT2D eigenvalue weighted by Crippen LogP contribution is -2.05. The molecule has 0 saturated carbocycles. The molecule has 2 aromatic heterocycles. The average molecular weight is 416 g/mol. The van der Waals surface area contributed by atoms with Crippen molar-refractivity contribution in [2.24, 2.45) is 5.10 Å². The van der Waals surface area contributed by atoms with Gasteiger partial charge in [-0.2, -0.15) is 5.10 Å². The number of H-pyrrole nitrogens is 1. The van der Waals surface area contributed by atoms with Crippen LogP contribution in [0.1, 0.15) is 11.4 Å². The standard InChI is InChI=1S/C18H12BrClN4O/c1-10-22-16-17(25)14-8-12(19)4-7-15(14)23-18(16)24(10)21-9-11-2-5-13(20)6-3-11/h2-9H,1H3,(H,23,25). The summed E-state index contributed by atoms with van der Waals surface area (Å²) in [7, 11) is 0. The molecule has 0 radical (unpaired) electrons. The minimum absolute atomic E-state index is 0.117. The number of benzene rings is 2. The number of hydrogen-bond donors (Lipinski definition) is 1. The summed E-state index contributed by atoms with van der Waals surface area (Å²) in [4.78, 5) is 20.4. The van der Waals surface area contributed by atoms with Gasteiger partial charge in [0.25, 0.3) is 0 Å². The van der Waals surface area contributed by atoms with E-state index in [0.717, 1.165) is 15.6 Å². The second kappa shape index (κ2) is 6.13. The lowest BCUT2D eigenvalue weighted by atomic mass is 10.2. The van der Waals surface area contributed by atoms with Gasteiger partial charge < -0.3 is 4.98 Å². The summed E-state index contributed by atoms with van der Waals surface area (Å²) in [6, 6.07) is 12.9. The quantitative estimate of drug-likeness (QED) is 0.491. The van der Waals surface area contributed by atoms with Gasteiger partial charge in [-0.15, -0.1) is 0 Å². The maximum Gasteiger partial charge on any atom is 0.217 e. The van der Waals surface area contributed by atoms with Crippen LogP contribution in [0.2, 0.25) is 5.02 Å². The third-order valence-electron chi connectivity index (χ3n) is 3.90. The summed E-state index contributed by atoms with van der Waals surface area (Å²) in [6.07, 6.45) is 1.70. The molecule has 0 atom stereocenters. The van der Waals surface area contributed by atoms with Crippen molar-refractivity contribution in [3.63, 3.8) is 0 Å². The number of rotatable bonds is 2. The zero-order valence-corrected chi connectivity index (χ0v) is 15.5. The first-order valence-corrected chi connectivity index (χ1v) is 8.70. The molecule has 0 aliphatic carbocycles. The number of nitrogens with zero attached hydrogens (tertiary/aromatic N) is 3. The van der Waals surface area contributed by atoms with Crippen molar-refractivity contribution in [3.8, 4) is 0 Å². The predicted octanol–water partition coefficient (Wildman–Crippen LogP) is 4.48. The molecule has 124 valence electrons. The maximum absolute atomic E-state index is 12.7. The van der Waals surface area contributed by atoms with E-state index >= 15 is 0 Å². The van der Waals surface area contributed by atoms with E-state index in [1.807, 2.05) is 31.2 Å². The Morgan fingerprint density at radius 2 is 2.00 bits per heavy atom. The summed E-state index contributed by atoms with van der Waals surface area (Å²) < 4.78 is 2.48. The lowest BCUT2D eigenvalue weighted by Gasteiger charge is -2.02. The Bertz CT molecular complexity index is 1190. The fourth-order valence-corrected chi connectivity index (χ4v) is 3.16. The van der Waals surface area contributed by atoms with Crippen molar-refractivity contribution in [1.82, 2.24) is 14.6 Å². The van der Waals surface area contributed by atoms with Gasteiger partial charge in [0.1, 0.15) is 5.82 Å². The number of nitrogens with one attached hydrogen (secondary N) is 1. The van der Waals surface area contributed by atoms with E-state index in [1.54, 1.807) is 29.1 Å². The normalized spacial score (nSPS) is 11.8. The first kappa shape index (κ1) is 16.1. The van der Waals surface area contributed by atoms with E-state index in [4.69, 9.17) is 11.6 Å². The number of pyridine rings is 1. The Morgan fingerprint density at radius 3 is 2.76 bits per heavy atom. The highest BCUT2D eigenvalue weighted by molar-refractivity contribution is 9.10. The summed E-state index contributed by atoms with van der Waals surface area (Å²) >= 11 is 9.29. The summed E-state index contributed by atoms with van der Waals surface area (Å²) in [5, 5.41) is 5.73. The highest BCUT2D eigenvalue weighted by Crippen LogP contribution is 2.19. The second-order valence-electron chi connectivity index (χ2n) is 5.61. The number of aryl methyl sites for hydroxylation is 1. The van der Waals surface area contributed by atoms with E-state index in [-0.39, 0.29) is 5.43 Å². The zero-order valence-electron chi connectivity index (χ0n) is 13.1. The smallest absolute Gasteiger partial charge is 0.217 e. The van der Waals surface area contributed by atoms with Gasteiger partial charge in [-0.3, -0.25) is 4.79 Å². The average Bonchev–Trinajstić information content (AvgIpc) is 2.91. The van der Waals surface area contributed by atoms with Gasteiger partial charge in [0, 0.05) is 14.9 Å². The fourth-order valence-electron chi connectivity index (χ4n) is 2.68. The molecule has 2 aromatic carbocycles. The zero-order chi connectivity index (χ0) is 17.6. The number of fused-ring (bicyclic) bond motifs is 2. The van der Waals surface area contributed by atoms with E-state index in [2.05, 4.69) is 31.0 Å². The molecule has 0 unspecified atom stereocenters. The molecule has 7 heteroatoms. The highest BCUT2D eigenvalue weighted by atomic mass is 79.9. The molecule has 0 aliphatic rings. The highest BCUT2D eigenvalue weighted by Gasteiger charge is 2.13. The Morgan fingerprint density at radius 1 is 1.24 bits per heavy atom. The van der Waals surface area contributed by atoms with E-state index in [9.17, 15) is 4.79 Å². The predicted molar refractivity (Wildman–Crippen MR) is 105 cm³/mol. The van der Waals surface area contributed by atoms with Crippen LogP contribution in [0.15, 0.2) is 56.8 Å². The largest absolute Gasteiger partial charge is 0.338 e. The van der Waals surface area contributed by atoms with Crippen LogP contribution in [0.25, 0.3) is 22.1 Å². The molecule has 0 aliphatic heterocycles. The molecule has 4 rings (SSSR count). The molecule has 0 spiro atoms. The van der Waals surface area contributed by atoms with Crippen molar-refractivity contribution >= 4 is 55.8 Å². The first-order valence-electron chi connectivity index (χ1n) is 7.53. The Kier molecular flexibility index (Phi) is 3.94. The van der Waals surface area contributed by atoms with Crippen LogP contribution >= 0.6 is 27.5 Å². The summed E-state index contributed by atoms with van der Waals surface area (Å²) in [5.74, 6) is 0.628. The van der Waals surface area contributed by atoms with E-state index in [0.29, 0.717) is 27.4 Å². The van der Waals surface area contributed by atoms with Crippen molar-refractivity contribution in [2.75, 3.05) is 0 Å². The SMILES string of the molecule is Cc1nc2c(=O)c3cc(Br)ccc3[nH]c2n1N=Cc1ccc(Cl)cc1. The number of imidazole rings is 1. The first-order chi connectivity index (χ1) is 12.0. The lowest BCUT2D eigenvalue weighted by molar-refractivity contribution is 0.850. The van der Waals surface area contributed by atoms with Gasteiger partial charge in [-0.05, 0) is 42.8 Å². The van der Waals surface area contributed by atoms with Gasteiger partial charge in [0.05, 0.1) is 11.7 Å². The third-order valence-corrected chi connectivity index (χ3v) is 4.65. The van der Waals surface area contributed by atoms with Gasteiger partial charge in [-0.1, -0.05) is 39.7 Å². The molecule has 5 nitrogen and oxygen atoms in total. The van der Waals surface area contributed by atoms with Gasteiger partial charge in [0.15, 0.2) is 11.2 Å². The van der Waals surface area contributed by atoms with Crippen molar-refractivity contribution in [1.29, 1.82) is 0 Å². The molecule has 0 amide bonds. The Hall–Kier alpha value is -2.44. The van der Waals surface area contributed by atoms with Crippen molar-refractivity contribution in [3.05, 3.63) is 73.6 Å².